The number of nitrogens with zero attached hydrogens (tertiary/aromatic N) is 2. The molecule has 5 heteroatoms. The maximum absolute atomic E-state index is 12.7. The van der Waals surface area contributed by atoms with Crippen molar-refractivity contribution in [2.75, 3.05) is 13.2 Å². The molecule has 0 bridgehead atoms. The van der Waals surface area contributed by atoms with Crippen LogP contribution in [0, 0.1) is 19.8 Å². The number of ether oxygens (including phenoxy) is 1. The van der Waals surface area contributed by atoms with Gasteiger partial charge in [-0.25, -0.2) is 4.79 Å². The van der Waals surface area contributed by atoms with Crippen molar-refractivity contribution in [3.63, 3.8) is 0 Å². The Morgan fingerprint density at radius 1 is 1.08 bits per heavy atom. The van der Waals surface area contributed by atoms with Gasteiger partial charge in [-0.2, -0.15) is 0 Å². The molecule has 2 aliphatic carbocycles. The number of carbonyl (C=O) groups excluding carboxylic acids is 2. The molecule has 0 spiro atoms. The molecule has 1 saturated heterocycles. The highest BCUT2D eigenvalue weighted by Gasteiger charge is 2.36. The van der Waals surface area contributed by atoms with E-state index >= 15 is 0 Å². The highest BCUT2D eigenvalue weighted by Crippen LogP contribution is 2.38. The Labute approximate surface area is 155 Å². The normalized spacial score (nSPS) is 25.7. The molecule has 1 aliphatic heterocycles. The standard InChI is InChI=1S/C21H30N2O3/c1-14-12-18(15(2)23(14)17-9-10-17)21(25)26-13-20(24)22-11-5-7-16-6-3-4-8-19(16)22/h12,16-17,19H,3-11,13H2,1-2H3/t16-,19+/m0/s1. The van der Waals surface area contributed by atoms with Crippen LogP contribution in [0.5, 0.6) is 0 Å². The molecule has 2 atom stereocenters. The topological polar surface area (TPSA) is 51.5 Å². The van der Waals surface area contributed by atoms with Gasteiger partial charge in [-0.3, -0.25) is 4.79 Å². The van der Waals surface area contributed by atoms with Crippen molar-refractivity contribution in [2.24, 2.45) is 5.92 Å². The number of likely N-dealkylation sites (tertiary alicyclic amines) is 1. The van der Waals surface area contributed by atoms with E-state index in [9.17, 15) is 9.59 Å². The average molecular weight is 358 g/mol. The summed E-state index contributed by atoms with van der Waals surface area (Å²) in [6.45, 7) is 4.69. The fourth-order valence-corrected chi connectivity index (χ4v) is 5.10. The van der Waals surface area contributed by atoms with Crippen molar-refractivity contribution in [3.8, 4) is 0 Å². The zero-order valence-electron chi connectivity index (χ0n) is 16.0. The van der Waals surface area contributed by atoms with E-state index in [4.69, 9.17) is 4.74 Å². The first-order chi connectivity index (χ1) is 12.6. The van der Waals surface area contributed by atoms with Gasteiger partial charge in [-0.1, -0.05) is 12.8 Å². The van der Waals surface area contributed by atoms with Crippen LogP contribution in [0.2, 0.25) is 0 Å². The number of aryl methyl sites for hydroxylation is 1. The summed E-state index contributed by atoms with van der Waals surface area (Å²) < 4.78 is 7.66. The van der Waals surface area contributed by atoms with Crippen molar-refractivity contribution in [1.82, 2.24) is 9.47 Å². The molecule has 142 valence electrons. The van der Waals surface area contributed by atoms with Crippen LogP contribution in [-0.2, 0) is 9.53 Å². The van der Waals surface area contributed by atoms with Crippen LogP contribution in [0.1, 0.15) is 79.2 Å². The molecule has 3 aliphatic rings. The average Bonchev–Trinajstić information content (AvgIpc) is 3.43. The lowest BCUT2D eigenvalue weighted by Crippen LogP contribution is -2.50. The van der Waals surface area contributed by atoms with E-state index in [-0.39, 0.29) is 18.5 Å². The number of hydrogen-bond acceptors (Lipinski definition) is 3. The Kier molecular flexibility index (Phi) is 4.80. The summed E-state index contributed by atoms with van der Waals surface area (Å²) in [5.41, 5.74) is 2.67. The number of esters is 1. The Hall–Kier alpha value is -1.78. The van der Waals surface area contributed by atoms with Gasteiger partial charge in [-0.05, 0) is 64.4 Å². The molecule has 26 heavy (non-hydrogen) atoms. The summed E-state index contributed by atoms with van der Waals surface area (Å²) in [7, 11) is 0. The second kappa shape index (κ2) is 7.09. The summed E-state index contributed by atoms with van der Waals surface area (Å²) in [6, 6.07) is 2.80. The summed E-state index contributed by atoms with van der Waals surface area (Å²) in [4.78, 5) is 27.2. The maximum atomic E-state index is 12.7. The zero-order chi connectivity index (χ0) is 18.3. The van der Waals surface area contributed by atoms with E-state index in [1.54, 1.807) is 0 Å². The first-order valence-corrected chi connectivity index (χ1v) is 10.2. The van der Waals surface area contributed by atoms with Gasteiger partial charge in [0.25, 0.3) is 5.91 Å². The van der Waals surface area contributed by atoms with Gasteiger partial charge < -0.3 is 14.2 Å². The summed E-state index contributed by atoms with van der Waals surface area (Å²) in [6.07, 6.45) is 9.51. The minimum absolute atomic E-state index is 0.0223. The van der Waals surface area contributed by atoms with Gasteiger partial charge in [0.05, 0.1) is 5.56 Å². The SMILES string of the molecule is Cc1cc(C(=O)OCC(=O)N2CCC[C@@H]3CCCC[C@H]32)c(C)n1C1CC1. The molecule has 0 N–H and O–H groups in total. The fourth-order valence-electron chi connectivity index (χ4n) is 5.10. The summed E-state index contributed by atoms with van der Waals surface area (Å²) in [5, 5.41) is 0. The Morgan fingerprint density at radius 2 is 1.81 bits per heavy atom. The number of rotatable bonds is 4. The predicted molar refractivity (Wildman–Crippen MR) is 99.2 cm³/mol. The highest BCUT2D eigenvalue weighted by atomic mass is 16.5. The number of piperidine rings is 1. The largest absolute Gasteiger partial charge is 0.452 e. The molecular weight excluding hydrogens is 328 g/mol. The lowest BCUT2D eigenvalue weighted by Gasteiger charge is -2.44. The lowest BCUT2D eigenvalue weighted by molar-refractivity contribution is -0.140. The molecule has 2 heterocycles. The molecule has 0 aromatic carbocycles. The molecule has 1 amide bonds. The van der Waals surface area contributed by atoms with Crippen LogP contribution in [-0.4, -0.2) is 40.5 Å². The van der Waals surface area contributed by atoms with Gasteiger partial charge in [0.1, 0.15) is 0 Å². The van der Waals surface area contributed by atoms with Crippen LogP contribution >= 0.6 is 0 Å². The first-order valence-electron chi connectivity index (χ1n) is 10.2. The van der Waals surface area contributed by atoms with Crippen LogP contribution in [0.4, 0.5) is 0 Å². The molecule has 0 unspecified atom stereocenters. The molecule has 0 radical (unpaired) electrons. The second-order valence-electron chi connectivity index (χ2n) is 8.30. The van der Waals surface area contributed by atoms with Crippen molar-refractivity contribution < 1.29 is 14.3 Å². The minimum atomic E-state index is -0.365. The van der Waals surface area contributed by atoms with Crippen LogP contribution in [0.3, 0.4) is 0 Å². The van der Waals surface area contributed by atoms with Crippen molar-refractivity contribution >= 4 is 11.9 Å². The van der Waals surface area contributed by atoms with Gasteiger partial charge in [-0.15, -0.1) is 0 Å². The van der Waals surface area contributed by atoms with Gasteiger partial charge in [0, 0.05) is 30.0 Å². The maximum Gasteiger partial charge on any atom is 0.340 e. The summed E-state index contributed by atoms with van der Waals surface area (Å²) >= 11 is 0. The van der Waals surface area contributed by atoms with Crippen LogP contribution in [0.15, 0.2) is 6.07 Å². The Balaban J connectivity index is 1.38. The zero-order valence-corrected chi connectivity index (χ0v) is 16.0. The molecule has 3 fully saturated rings. The van der Waals surface area contributed by atoms with E-state index in [1.165, 1.54) is 38.5 Å². The third-order valence-corrected chi connectivity index (χ3v) is 6.51. The molecule has 2 saturated carbocycles. The van der Waals surface area contributed by atoms with Crippen LogP contribution in [0.25, 0.3) is 0 Å². The lowest BCUT2D eigenvalue weighted by atomic mass is 9.78. The van der Waals surface area contributed by atoms with E-state index in [0.29, 0.717) is 23.6 Å². The van der Waals surface area contributed by atoms with E-state index in [2.05, 4.69) is 4.57 Å². The quantitative estimate of drug-likeness (QED) is 0.770. The number of aromatic nitrogens is 1. The van der Waals surface area contributed by atoms with Crippen molar-refractivity contribution in [2.45, 2.75) is 77.3 Å². The van der Waals surface area contributed by atoms with E-state index in [0.717, 1.165) is 30.8 Å². The smallest absolute Gasteiger partial charge is 0.340 e. The molecule has 5 nitrogen and oxygen atoms in total. The monoisotopic (exact) mass is 358 g/mol. The van der Waals surface area contributed by atoms with E-state index < -0.39 is 0 Å². The highest BCUT2D eigenvalue weighted by molar-refractivity contribution is 5.92. The van der Waals surface area contributed by atoms with Gasteiger partial charge >= 0.3 is 5.97 Å². The second-order valence-corrected chi connectivity index (χ2v) is 8.30. The number of amides is 1. The van der Waals surface area contributed by atoms with Crippen molar-refractivity contribution in [1.29, 1.82) is 0 Å². The van der Waals surface area contributed by atoms with Crippen molar-refractivity contribution in [3.05, 3.63) is 23.0 Å². The van der Waals surface area contributed by atoms with Gasteiger partial charge in [0.15, 0.2) is 6.61 Å². The predicted octanol–water partition coefficient (Wildman–Crippen LogP) is 3.78. The molecule has 1 aromatic rings. The number of fused-ring (bicyclic) bond motifs is 1. The number of carbonyl (C=O) groups is 2. The number of hydrogen-bond donors (Lipinski definition) is 0. The molecular formula is C21H30N2O3. The molecule has 1 aromatic heterocycles. The Morgan fingerprint density at radius 3 is 2.58 bits per heavy atom. The third-order valence-electron chi connectivity index (χ3n) is 6.51. The van der Waals surface area contributed by atoms with Crippen LogP contribution < -0.4 is 0 Å². The minimum Gasteiger partial charge on any atom is -0.452 e. The summed E-state index contributed by atoms with van der Waals surface area (Å²) in [5.74, 6) is 0.260. The van der Waals surface area contributed by atoms with E-state index in [1.807, 2.05) is 24.8 Å². The first kappa shape index (κ1) is 17.6. The Bertz CT molecular complexity index is 702. The molecule has 4 rings (SSSR count). The van der Waals surface area contributed by atoms with Gasteiger partial charge in [0.2, 0.25) is 0 Å². The fraction of sp³-hybridized carbons (Fsp3) is 0.714. The third kappa shape index (κ3) is 3.28.